The molecule has 1 rings (SSSR count). The topological polar surface area (TPSA) is 102 Å². The van der Waals surface area contributed by atoms with Crippen molar-refractivity contribution >= 4 is 15.7 Å². The van der Waals surface area contributed by atoms with Gasteiger partial charge in [-0.05, 0) is 25.1 Å². The second-order valence-corrected chi connectivity index (χ2v) is 5.37. The van der Waals surface area contributed by atoms with Crippen LogP contribution in [0.1, 0.15) is 6.92 Å². The van der Waals surface area contributed by atoms with Crippen molar-refractivity contribution in [2.24, 2.45) is 0 Å². The summed E-state index contributed by atoms with van der Waals surface area (Å²) < 4.78 is 30.7. The van der Waals surface area contributed by atoms with Gasteiger partial charge in [-0.3, -0.25) is 0 Å². The first kappa shape index (κ1) is 13.8. The van der Waals surface area contributed by atoms with Crippen LogP contribution in [0.4, 0.5) is 5.69 Å². The van der Waals surface area contributed by atoms with Crippen molar-refractivity contribution in [1.82, 2.24) is 4.72 Å². The molecule has 17 heavy (non-hydrogen) atoms. The Balaban J connectivity index is 2.96. The van der Waals surface area contributed by atoms with E-state index in [0.29, 0.717) is 5.75 Å². The van der Waals surface area contributed by atoms with Crippen molar-refractivity contribution in [3.63, 3.8) is 0 Å². The third kappa shape index (κ3) is 3.58. The monoisotopic (exact) mass is 260 g/mol. The first-order valence-corrected chi connectivity index (χ1v) is 6.46. The van der Waals surface area contributed by atoms with Crippen LogP contribution < -0.4 is 15.2 Å². The molecule has 0 aromatic heterocycles. The molecule has 0 saturated heterocycles. The van der Waals surface area contributed by atoms with Gasteiger partial charge in [0, 0.05) is 6.54 Å². The molecule has 1 unspecified atom stereocenters. The molecule has 0 amide bonds. The van der Waals surface area contributed by atoms with E-state index in [0.717, 1.165) is 0 Å². The van der Waals surface area contributed by atoms with E-state index in [1.165, 1.54) is 32.2 Å². The molecule has 0 heterocycles. The summed E-state index contributed by atoms with van der Waals surface area (Å²) in [6, 6.07) is 4.18. The predicted molar refractivity (Wildman–Crippen MR) is 64.3 cm³/mol. The number of nitrogen functional groups attached to an aromatic ring is 1. The molecule has 4 N–H and O–H groups in total. The molecule has 96 valence electrons. The smallest absolute Gasteiger partial charge is 0.240 e. The summed E-state index contributed by atoms with van der Waals surface area (Å²) in [4.78, 5) is 0.0384. The van der Waals surface area contributed by atoms with Crippen LogP contribution in [0.25, 0.3) is 0 Å². The first-order chi connectivity index (χ1) is 7.86. The second kappa shape index (κ2) is 5.35. The summed E-state index contributed by atoms with van der Waals surface area (Å²) in [5.74, 6) is 0.416. The fourth-order valence-electron chi connectivity index (χ4n) is 1.19. The molecule has 0 radical (unpaired) electrons. The number of methoxy groups -OCH3 is 1. The molecule has 7 heteroatoms. The molecule has 0 fully saturated rings. The Kier molecular flexibility index (Phi) is 4.33. The molecular weight excluding hydrogens is 244 g/mol. The lowest BCUT2D eigenvalue weighted by molar-refractivity contribution is 0.198. The zero-order chi connectivity index (χ0) is 13.1. The van der Waals surface area contributed by atoms with Gasteiger partial charge < -0.3 is 15.6 Å². The molecule has 6 nitrogen and oxygen atoms in total. The van der Waals surface area contributed by atoms with E-state index >= 15 is 0 Å². The fourth-order valence-corrected chi connectivity index (χ4v) is 2.35. The summed E-state index contributed by atoms with van der Waals surface area (Å²) >= 11 is 0. The molecule has 1 aromatic rings. The lowest BCUT2D eigenvalue weighted by Crippen LogP contribution is -2.30. The minimum atomic E-state index is -3.65. The van der Waals surface area contributed by atoms with Gasteiger partial charge in [-0.1, -0.05) is 0 Å². The van der Waals surface area contributed by atoms with E-state index < -0.39 is 16.1 Å². The van der Waals surface area contributed by atoms with E-state index in [4.69, 9.17) is 15.6 Å². The number of nitrogens with one attached hydrogen (secondary N) is 1. The number of aliphatic hydroxyl groups excluding tert-OH is 1. The van der Waals surface area contributed by atoms with E-state index in [2.05, 4.69) is 4.72 Å². The Labute approximate surface area is 100 Å². The highest BCUT2D eigenvalue weighted by Crippen LogP contribution is 2.24. The molecular formula is C10H16N2O4S. The van der Waals surface area contributed by atoms with Crippen LogP contribution in [-0.2, 0) is 10.0 Å². The zero-order valence-corrected chi connectivity index (χ0v) is 10.5. The molecule has 0 saturated carbocycles. The number of benzene rings is 1. The van der Waals surface area contributed by atoms with E-state index in [1.807, 2.05) is 0 Å². The standard InChI is InChI=1S/C10H16N2O4S/c1-7(13)6-12-17(14,15)8-3-4-10(16-2)9(11)5-8/h3-5,7,12-13H,6,11H2,1-2H3. The number of hydrogen-bond acceptors (Lipinski definition) is 5. The number of anilines is 1. The Morgan fingerprint density at radius 1 is 1.53 bits per heavy atom. The largest absolute Gasteiger partial charge is 0.495 e. The summed E-state index contributed by atoms with van der Waals surface area (Å²) in [7, 11) is -2.20. The van der Waals surface area contributed by atoms with Gasteiger partial charge in [-0.15, -0.1) is 0 Å². The summed E-state index contributed by atoms with van der Waals surface area (Å²) in [5.41, 5.74) is 5.86. The molecule has 0 aliphatic rings. The van der Waals surface area contributed by atoms with Gasteiger partial charge in [0.1, 0.15) is 5.75 Å². The van der Waals surface area contributed by atoms with Gasteiger partial charge in [0.2, 0.25) is 10.0 Å². The average molecular weight is 260 g/mol. The third-order valence-corrected chi connectivity index (χ3v) is 3.50. The summed E-state index contributed by atoms with van der Waals surface area (Å²) in [5, 5.41) is 9.03. The van der Waals surface area contributed by atoms with Gasteiger partial charge in [0.15, 0.2) is 0 Å². The third-order valence-electron chi connectivity index (χ3n) is 2.08. The minimum Gasteiger partial charge on any atom is -0.495 e. The fraction of sp³-hybridized carbons (Fsp3) is 0.400. The highest BCUT2D eigenvalue weighted by atomic mass is 32.2. The Bertz CT molecular complexity index is 485. The predicted octanol–water partition coefficient (Wildman–Crippen LogP) is -0.0635. The van der Waals surface area contributed by atoms with Crippen molar-refractivity contribution in [2.45, 2.75) is 17.9 Å². The normalized spacial score (nSPS) is 13.4. The lowest BCUT2D eigenvalue weighted by atomic mass is 10.3. The van der Waals surface area contributed by atoms with E-state index in [1.54, 1.807) is 0 Å². The first-order valence-electron chi connectivity index (χ1n) is 4.98. The highest BCUT2D eigenvalue weighted by Gasteiger charge is 2.15. The van der Waals surface area contributed by atoms with Crippen LogP contribution in [0.2, 0.25) is 0 Å². The number of hydrogen-bond donors (Lipinski definition) is 3. The van der Waals surface area contributed by atoms with Crippen molar-refractivity contribution in [3.8, 4) is 5.75 Å². The number of nitrogens with two attached hydrogens (primary N) is 1. The molecule has 0 aliphatic carbocycles. The molecule has 0 aliphatic heterocycles. The number of aliphatic hydroxyl groups is 1. The van der Waals surface area contributed by atoms with Crippen LogP contribution in [0.15, 0.2) is 23.1 Å². The average Bonchev–Trinajstić information content (AvgIpc) is 2.26. The summed E-state index contributed by atoms with van der Waals surface area (Å²) in [6.07, 6.45) is -0.750. The van der Waals surface area contributed by atoms with Gasteiger partial charge in [-0.25, -0.2) is 13.1 Å². The number of rotatable bonds is 5. The van der Waals surface area contributed by atoms with Gasteiger partial charge in [0.25, 0.3) is 0 Å². The van der Waals surface area contributed by atoms with E-state index in [-0.39, 0.29) is 17.1 Å². The van der Waals surface area contributed by atoms with Crippen molar-refractivity contribution < 1.29 is 18.3 Å². The Hall–Kier alpha value is -1.31. The SMILES string of the molecule is COc1ccc(S(=O)(=O)NCC(C)O)cc1N. The maximum Gasteiger partial charge on any atom is 0.240 e. The maximum atomic E-state index is 11.8. The van der Waals surface area contributed by atoms with E-state index in [9.17, 15) is 8.42 Å². The van der Waals surface area contributed by atoms with Crippen LogP contribution in [0.3, 0.4) is 0 Å². The van der Waals surface area contributed by atoms with Crippen LogP contribution >= 0.6 is 0 Å². The van der Waals surface area contributed by atoms with Gasteiger partial charge >= 0.3 is 0 Å². The minimum absolute atomic E-state index is 0.0384. The van der Waals surface area contributed by atoms with Crippen LogP contribution in [0, 0.1) is 0 Å². The molecule has 0 bridgehead atoms. The molecule has 1 aromatic carbocycles. The molecule has 0 spiro atoms. The van der Waals surface area contributed by atoms with Crippen molar-refractivity contribution in [2.75, 3.05) is 19.4 Å². The molecule has 1 atom stereocenters. The van der Waals surface area contributed by atoms with Gasteiger partial charge in [0.05, 0.1) is 23.8 Å². The quantitative estimate of drug-likeness (QED) is 0.644. The Morgan fingerprint density at radius 2 is 2.18 bits per heavy atom. The second-order valence-electron chi connectivity index (χ2n) is 3.60. The van der Waals surface area contributed by atoms with Crippen LogP contribution in [0.5, 0.6) is 5.75 Å². The highest BCUT2D eigenvalue weighted by molar-refractivity contribution is 7.89. The lowest BCUT2D eigenvalue weighted by Gasteiger charge is -2.10. The van der Waals surface area contributed by atoms with Crippen molar-refractivity contribution in [3.05, 3.63) is 18.2 Å². The maximum absolute atomic E-state index is 11.8. The zero-order valence-electron chi connectivity index (χ0n) is 9.67. The van der Waals surface area contributed by atoms with Gasteiger partial charge in [-0.2, -0.15) is 0 Å². The number of sulfonamides is 1. The summed E-state index contributed by atoms with van der Waals surface area (Å²) in [6.45, 7) is 1.44. The van der Waals surface area contributed by atoms with Crippen molar-refractivity contribution in [1.29, 1.82) is 0 Å². The number of ether oxygens (including phenoxy) is 1. The van der Waals surface area contributed by atoms with Crippen LogP contribution in [-0.4, -0.2) is 33.3 Å². The Morgan fingerprint density at radius 3 is 2.65 bits per heavy atom.